The Morgan fingerprint density at radius 2 is 2.18 bits per heavy atom. The maximum atomic E-state index is 11.6. The number of carbonyl (C=O) groups excluding carboxylic acids is 1. The SMILES string of the molecule is COCCNCC(=O)Cc1cccc(OC)c1. The smallest absolute Gasteiger partial charge is 0.150 e. The molecule has 0 amide bonds. The van der Waals surface area contributed by atoms with E-state index >= 15 is 0 Å². The summed E-state index contributed by atoms with van der Waals surface area (Å²) in [5.74, 6) is 0.942. The second-order valence-corrected chi connectivity index (χ2v) is 3.74. The Labute approximate surface area is 102 Å². The molecule has 0 atom stereocenters. The molecule has 0 aliphatic rings. The van der Waals surface area contributed by atoms with Gasteiger partial charge in [-0.15, -0.1) is 0 Å². The van der Waals surface area contributed by atoms with Crippen molar-refractivity contribution in [1.29, 1.82) is 0 Å². The Kier molecular flexibility index (Phi) is 6.29. The molecule has 4 nitrogen and oxygen atoms in total. The lowest BCUT2D eigenvalue weighted by Crippen LogP contribution is -2.27. The normalized spacial score (nSPS) is 10.2. The van der Waals surface area contributed by atoms with Crippen molar-refractivity contribution in [3.05, 3.63) is 29.8 Å². The second-order valence-electron chi connectivity index (χ2n) is 3.74. The maximum absolute atomic E-state index is 11.6. The van der Waals surface area contributed by atoms with Gasteiger partial charge in [0.15, 0.2) is 5.78 Å². The van der Waals surface area contributed by atoms with Gasteiger partial charge in [-0.1, -0.05) is 12.1 Å². The lowest BCUT2D eigenvalue weighted by Gasteiger charge is -2.05. The molecule has 1 rings (SSSR count). The second kappa shape index (κ2) is 7.81. The quantitative estimate of drug-likeness (QED) is 0.686. The molecule has 0 saturated heterocycles. The summed E-state index contributed by atoms with van der Waals surface area (Å²) in [7, 11) is 3.26. The first-order valence-electron chi connectivity index (χ1n) is 5.60. The first-order valence-corrected chi connectivity index (χ1v) is 5.60. The van der Waals surface area contributed by atoms with Crippen molar-refractivity contribution in [1.82, 2.24) is 5.32 Å². The number of hydrogen-bond acceptors (Lipinski definition) is 4. The van der Waals surface area contributed by atoms with Gasteiger partial charge in [-0.2, -0.15) is 0 Å². The van der Waals surface area contributed by atoms with Crippen molar-refractivity contribution in [2.24, 2.45) is 0 Å². The molecule has 0 fully saturated rings. The molecule has 0 radical (unpaired) electrons. The summed E-state index contributed by atoms with van der Waals surface area (Å²) in [6.45, 7) is 1.69. The Morgan fingerprint density at radius 1 is 1.35 bits per heavy atom. The van der Waals surface area contributed by atoms with Crippen LogP contribution in [0, 0.1) is 0 Å². The Hall–Kier alpha value is -1.39. The molecule has 4 heteroatoms. The van der Waals surface area contributed by atoms with Crippen LogP contribution in [-0.4, -0.2) is 39.7 Å². The number of hydrogen-bond donors (Lipinski definition) is 1. The summed E-state index contributed by atoms with van der Waals surface area (Å²) >= 11 is 0. The third-order valence-electron chi connectivity index (χ3n) is 2.34. The third kappa shape index (κ3) is 5.47. The summed E-state index contributed by atoms with van der Waals surface area (Å²) in [6, 6.07) is 7.56. The van der Waals surface area contributed by atoms with Crippen LogP contribution in [0.15, 0.2) is 24.3 Å². The number of methoxy groups -OCH3 is 2. The van der Waals surface area contributed by atoms with Crippen molar-refractivity contribution in [2.75, 3.05) is 33.9 Å². The summed E-state index contributed by atoms with van der Waals surface area (Å²) < 4.78 is 9.99. The topological polar surface area (TPSA) is 47.6 Å². The van der Waals surface area contributed by atoms with Crippen LogP contribution in [-0.2, 0) is 16.0 Å². The monoisotopic (exact) mass is 237 g/mol. The van der Waals surface area contributed by atoms with Crippen LogP contribution in [0.3, 0.4) is 0 Å². The Morgan fingerprint density at radius 3 is 2.88 bits per heavy atom. The maximum Gasteiger partial charge on any atom is 0.150 e. The van der Waals surface area contributed by atoms with E-state index in [2.05, 4.69) is 5.32 Å². The van der Waals surface area contributed by atoms with Crippen LogP contribution < -0.4 is 10.1 Å². The fourth-order valence-electron chi connectivity index (χ4n) is 1.47. The molecule has 0 aliphatic heterocycles. The van der Waals surface area contributed by atoms with E-state index in [1.165, 1.54) is 0 Å². The molecule has 0 bridgehead atoms. The lowest BCUT2D eigenvalue weighted by molar-refractivity contribution is -0.117. The van der Waals surface area contributed by atoms with Gasteiger partial charge in [0.25, 0.3) is 0 Å². The zero-order valence-electron chi connectivity index (χ0n) is 10.4. The van der Waals surface area contributed by atoms with E-state index in [1.54, 1.807) is 14.2 Å². The fraction of sp³-hybridized carbons (Fsp3) is 0.462. The van der Waals surface area contributed by atoms with Crippen LogP contribution in [0.4, 0.5) is 0 Å². The molecule has 1 aromatic carbocycles. The highest BCUT2D eigenvalue weighted by Gasteiger charge is 2.04. The number of Topliss-reactive ketones (excluding diaryl/α,β-unsaturated/α-hetero) is 1. The minimum absolute atomic E-state index is 0.161. The van der Waals surface area contributed by atoms with Crippen LogP contribution in [0.1, 0.15) is 5.56 Å². The van der Waals surface area contributed by atoms with Gasteiger partial charge >= 0.3 is 0 Å². The molecule has 0 aromatic heterocycles. The average Bonchev–Trinajstić information content (AvgIpc) is 2.35. The number of carbonyl (C=O) groups is 1. The number of ketones is 1. The van der Waals surface area contributed by atoms with Crippen molar-refractivity contribution in [3.8, 4) is 5.75 Å². The molecule has 0 spiro atoms. The molecule has 0 saturated carbocycles. The van der Waals surface area contributed by atoms with E-state index in [-0.39, 0.29) is 5.78 Å². The Bertz CT molecular complexity index is 352. The molecule has 0 heterocycles. The van der Waals surface area contributed by atoms with Crippen molar-refractivity contribution < 1.29 is 14.3 Å². The van der Waals surface area contributed by atoms with Gasteiger partial charge in [-0.05, 0) is 17.7 Å². The number of nitrogens with one attached hydrogen (secondary N) is 1. The van der Waals surface area contributed by atoms with Crippen molar-refractivity contribution >= 4 is 5.78 Å². The van der Waals surface area contributed by atoms with E-state index in [4.69, 9.17) is 9.47 Å². The highest BCUT2D eigenvalue weighted by atomic mass is 16.5. The lowest BCUT2D eigenvalue weighted by atomic mass is 10.1. The Balaban J connectivity index is 2.34. The van der Waals surface area contributed by atoms with Crippen LogP contribution in [0.5, 0.6) is 5.75 Å². The molecule has 1 aromatic rings. The highest BCUT2D eigenvalue weighted by molar-refractivity contribution is 5.82. The van der Waals surface area contributed by atoms with Gasteiger partial charge < -0.3 is 14.8 Å². The van der Waals surface area contributed by atoms with E-state index in [1.807, 2.05) is 24.3 Å². The molecule has 1 N–H and O–H groups in total. The molecule has 0 unspecified atom stereocenters. The fourth-order valence-corrected chi connectivity index (χ4v) is 1.47. The number of ether oxygens (including phenoxy) is 2. The minimum Gasteiger partial charge on any atom is -0.497 e. The van der Waals surface area contributed by atoms with Crippen molar-refractivity contribution in [3.63, 3.8) is 0 Å². The van der Waals surface area contributed by atoms with Gasteiger partial charge in [0.05, 0.1) is 20.3 Å². The van der Waals surface area contributed by atoms with E-state index < -0.39 is 0 Å². The summed E-state index contributed by atoms with van der Waals surface area (Å²) in [5, 5.41) is 3.03. The standard InChI is InChI=1S/C13H19NO3/c1-16-7-6-14-10-12(15)8-11-4-3-5-13(9-11)17-2/h3-5,9,14H,6-8,10H2,1-2H3. The molecular weight excluding hydrogens is 218 g/mol. The summed E-state index contributed by atoms with van der Waals surface area (Å²) in [5.41, 5.74) is 0.975. The van der Waals surface area contributed by atoms with Gasteiger partial charge in [-0.25, -0.2) is 0 Å². The predicted molar refractivity (Wildman–Crippen MR) is 66.5 cm³/mol. The molecular formula is C13H19NO3. The largest absolute Gasteiger partial charge is 0.497 e. The van der Waals surface area contributed by atoms with Gasteiger partial charge in [0.1, 0.15) is 5.75 Å². The summed E-state index contributed by atoms with van der Waals surface area (Å²) in [4.78, 5) is 11.6. The number of rotatable bonds is 8. The van der Waals surface area contributed by atoms with Crippen LogP contribution >= 0.6 is 0 Å². The molecule has 94 valence electrons. The van der Waals surface area contributed by atoms with Crippen LogP contribution in [0.25, 0.3) is 0 Å². The minimum atomic E-state index is 0.161. The van der Waals surface area contributed by atoms with E-state index in [9.17, 15) is 4.79 Å². The van der Waals surface area contributed by atoms with Gasteiger partial charge in [-0.3, -0.25) is 4.79 Å². The first-order chi connectivity index (χ1) is 8.26. The zero-order chi connectivity index (χ0) is 12.5. The van der Waals surface area contributed by atoms with Crippen LogP contribution in [0.2, 0.25) is 0 Å². The van der Waals surface area contributed by atoms with Crippen molar-refractivity contribution in [2.45, 2.75) is 6.42 Å². The zero-order valence-corrected chi connectivity index (χ0v) is 10.4. The first kappa shape index (κ1) is 13.7. The van der Waals surface area contributed by atoms with Gasteiger partial charge in [0, 0.05) is 20.1 Å². The highest BCUT2D eigenvalue weighted by Crippen LogP contribution is 2.12. The number of benzene rings is 1. The van der Waals surface area contributed by atoms with E-state index in [0.717, 1.165) is 11.3 Å². The van der Waals surface area contributed by atoms with E-state index in [0.29, 0.717) is 26.1 Å². The average molecular weight is 237 g/mol. The summed E-state index contributed by atoms with van der Waals surface area (Å²) in [6.07, 6.45) is 0.428. The molecule has 0 aliphatic carbocycles. The third-order valence-corrected chi connectivity index (χ3v) is 2.34. The molecule has 17 heavy (non-hydrogen) atoms. The van der Waals surface area contributed by atoms with Gasteiger partial charge in [0.2, 0.25) is 0 Å². The predicted octanol–water partition coefficient (Wildman–Crippen LogP) is 1.04.